The highest BCUT2D eigenvalue weighted by Crippen LogP contribution is 2.59. The molecule has 2 unspecified atom stereocenters. The average Bonchev–Trinajstić information content (AvgIpc) is 3.69. The third kappa shape index (κ3) is 5.62. The van der Waals surface area contributed by atoms with Crippen molar-refractivity contribution in [2.45, 2.75) is 77.8 Å². The zero-order valence-corrected chi connectivity index (χ0v) is 28.2. The summed E-state index contributed by atoms with van der Waals surface area (Å²) in [7, 11) is -3.96. The molecule has 0 aliphatic rings. The summed E-state index contributed by atoms with van der Waals surface area (Å²) in [5.74, 6) is -7.62. The highest BCUT2D eigenvalue weighted by molar-refractivity contribution is 7.33. The molecule has 4 aromatic rings. The van der Waals surface area contributed by atoms with Gasteiger partial charge in [0, 0.05) is 11.1 Å². The van der Waals surface area contributed by atoms with Crippen LogP contribution in [0, 0.1) is 35.3 Å². The van der Waals surface area contributed by atoms with Gasteiger partial charge in [0.05, 0.1) is 10.8 Å². The summed E-state index contributed by atoms with van der Waals surface area (Å²) in [6, 6.07) is 9.87. The lowest BCUT2D eigenvalue weighted by atomic mass is 9.61. The van der Waals surface area contributed by atoms with Gasteiger partial charge < -0.3 is 10.2 Å². The molecule has 0 saturated heterocycles. The van der Waals surface area contributed by atoms with Crippen molar-refractivity contribution in [1.82, 2.24) is 30.4 Å². The fourth-order valence-electron chi connectivity index (χ4n) is 7.43. The van der Waals surface area contributed by atoms with Crippen LogP contribution in [-0.4, -0.2) is 40.6 Å². The van der Waals surface area contributed by atoms with E-state index < -0.39 is 66.0 Å². The van der Waals surface area contributed by atoms with E-state index in [2.05, 4.69) is 30.4 Å². The third-order valence-corrected chi connectivity index (χ3v) is 10.2. The molecule has 2 atom stereocenters. The summed E-state index contributed by atoms with van der Waals surface area (Å²) in [6.45, 7) is 14.6. The first kappa shape index (κ1) is 35.5. The summed E-state index contributed by atoms with van der Waals surface area (Å²) >= 11 is 0. The van der Waals surface area contributed by atoms with E-state index in [4.69, 9.17) is 9.05 Å². The fourth-order valence-corrected chi connectivity index (χ4v) is 8.53. The number of nitrogens with zero attached hydrogens (tertiary/aromatic N) is 4. The summed E-state index contributed by atoms with van der Waals surface area (Å²) in [5.41, 5.74) is -2.86. The monoisotopic (exact) mass is 660 g/mol. The summed E-state index contributed by atoms with van der Waals surface area (Å²) in [5, 5.41) is 39.6. The van der Waals surface area contributed by atoms with Crippen LogP contribution in [0.1, 0.15) is 78.2 Å². The van der Waals surface area contributed by atoms with Crippen LogP contribution in [-0.2, 0) is 36.0 Å². The molecule has 4 rings (SSSR count). The number of nitrogens with one attached hydrogen (secondary N) is 2. The van der Waals surface area contributed by atoms with E-state index in [9.17, 15) is 23.6 Å². The first-order valence-electron chi connectivity index (χ1n) is 15.2. The maximum absolute atomic E-state index is 14.5. The first-order chi connectivity index (χ1) is 21.6. The van der Waals surface area contributed by atoms with Crippen LogP contribution >= 0.6 is 8.25 Å². The molecule has 46 heavy (non-hydrogen) atoms. The summed E-state index contributed by atoms with van der Waals surface area (Å²) in [6.07, 6.45) is 2.70. The Kier molecular flexibility index (Phi) is 10.3. The first-order valence-corrected chi connectivity index (χ1v) is 16.4. The normalized spacial score (nSPS) is 16.3. The number of halogens is 2. The molecule has 11 nitrogen and oxygen atoms in total. The van der Waals surface area contributed by atoms with Gasteiger partial charge in [0.1, 0.15) is 24.3 Å². The molecule has 0 fully saturated rings. The third-order valence-electron chi connectivity index (χ3n) is 9.27. The lowest BCUT2D eigenvalue weighted by Gasteiger charge is -2.52. The average molecular weight is 661 g/mol. The largest absolute Gasteiger partial charge is 0.361 e. The van der Waals surface area contributed by atoms with Crippen molar-refractivity contribution in [3.63, 3.8) is 0 Å². The number of rotatable bonds is 14. The molecule has 2 heterocycles. The van der Waals surface area contributed by atoms with E-state index in [0.29, 0.717) is 0 Å². The number of benzene rings is 2. The van der Waals surface area contributed by atoms with Crippen LogP contribution < -0.4 is 0 Å². The second-order valence-corrected chi connectivity index (χ2v) is 13.7. The zero-order valence-electron chi connectivity index (χ0n) is 27.2. The van der Waals surface area contributed by atoms with Gasteiger partial charge >= 0.3 is 8.25 Å². The molecule has 0 spiro atoms. The van der Waals surface area contributed by atoms with Crippen molar-refractivity contribution in [2.75, 3.05) is 0 Å². The smallest absolute Gasteiger partial charge is 0.324 e. The number of aromatic amines is 2. The van der Waals surface area contributed by atoms with E-state index >= 15 is 0 Å². The minimum absolute atomic E-state index is 0.0568. The molecular weight excluding hydrogens is 617 g/mol. The second-order valence-electron chi connectivity index (χ2n) is 12.8. The molecule has 2 aromatic carbocycles. The molecule has 0 bridgehead atoms. The number of aromatic nitrogens is 6. The van der Waals surface area contributed by atoms with Gasteiger partial charge in [0.25, 0.3) is 0 Å². The van der Waals surface area contributed by atoms with Crippen molar-refractivity contribution < 1.29 is 32.6 Å². The summed E-state index contributed by atoms with van der Waals surface area (Å²) in [4.78, 5) is 8.76. The van der Waals surface area contributed by atoms with Crippen molar-refractivity contribution in [1.29, 1.82) is 0 Å². The maximum atomic E-state index is 14.5. The molecule has 0 amide bonds. The molecule has 0 radical (unpaired) electrons. The lowest BCUT2D eigenvalue weighted by Crippen LogP contribution is -2.59. The fraction of sp³-hybridized carbons (Fsp3) is 0.500. The molecule has 14 heteroatoms. The van der Waals surface area contributed by atoms with Gasteiger partial charge in [-0.15, -0.1) is 0 Å². The van der Waals surface area contributed by atoms with Gasteiger partial charge in [-0.3, -0.25) is 23.8 Å². The zero-order chi connectivity index (χ0) is 34.1. The van der Waals surface area contributed by atoms with Gasteiger partial charge in [-0.05, 0) is 47.9 Å². The predicted octanol–water partition coefficient (Wildman–Crippen LogP) is 6.11. The Balaban J connectivity index is 1.97. The molecule has 0 aliphatic carbocycles. The Morgan fingerprint density at radius 1 is 0.630 bits per heavy atom. The Morgan fingerprint density at radius 3 is 1.17 bits per heavy atom. The highest BCUT2D eigenvalue weighted by atomic mass is 31.1. The summed E-state index contributed by atoms with van der Waals surface area (Å²) < 4.78 is 55.1. The van der Waals surface area contributed by atoms with Crippen molar-refractivity contribution in [3.8, 4) is 0 Å². The van der Waals surface area contributed by atoms with Gasteiger partial charge in [-0.1, -0.05) is 79.7 Å². The minimum atomic E-state index is -3.96. The SMILES string of the molecule is CC(C)C(c1nc[nH]n1)(C(C)C)C(O)(O[PH](=O)OC(O)(c1ccc(F)cc1)C(c1nc[nH]n1)(C(C)C)C(C)C)c1ccc(F)cc1. The Morgan fingerprint density at radius 2 is 0.935 bits per heavy atom. The van der Waals surface area contributed by atoms with Gasteiger partial charge in [0.2, 0.25) is 11.6 Å². The number of aliphatic hydroxyl groups is 2. The van der Waals surface area contributed by atoms with Gasteiger partial charge in [-0.2, -0.15) is 10.2 Å². The number of hydrogen-bond donors (Lipinski definition) is 4. The van der Waals surface area contributed by atoms with E-state index in [1.54, 1.807) is 0 Å². The van der Waals surface area contributed by atoms with Crippen LogP contribution in [0.5, 0.6) is 0 Å². The predicted molar refractivity (Wildman–Crippen MR) is 167 cm³/mol. The van der Waals surface area contributed by atoms with Crippen molar-refractivity contribution in [3.05, 3.63) is 95.6 Å². The van der Waals surface area contributed by atoms with Crippen LogP contribution in [0.25, 0.3) is 0 Å². The van der Waals surface area contributed by atoms with Crippen LogP contribution in [0.15, 0.2) is 61.2 Å². The molecule has 4 N–H and O–H groups in total. The molecular formula is C32H43F2N6O5P. The van der Waals surface area contributed by atoms with Crippen molar-refractivity contribution in [2.24, 2.45) is 23.7 Å². The number of hydrogen-bond acceptors (Lipinski definition) is 9. The van der Waals surface area contributed by atoms with E-state index in [-0.39, 0.29) is 22.8 Å². The molecule has 0 saturated carbocycles. The van der Waals surface area contributed by atoms with Crippen LogP contribution in [0.4, 0.5) is 8.78 Å². The van der Waals surface area contributed by atoms with Gasteiger partial charge in [0.15, 0.2) is 11.6 Å². The maximum Gasteiger partial charge on any atom is 0.324 e. The van der Waals surface area contributed by atoms with Crippen molar-refractivity contribution >= 4 is 8.25 Å². The molecule has 250 valence electrons. The molecule has 2 aromatic heterocycles. The highest BCUT2D eigenvalue weighted by Gasteiger charge is 2.64. The Hall–Kier alpha value is -3.35. The standard InChI is InChI=1S/C32H43F2N6O5P/c1-19(2)29(20(3)4,27-35-17-37-39-27)31(41,23-9-13-25(33)14-10-23)44-46(43)45-32(42,24-11-15-26(34)16-12-24)30(21(5)6,22(7)8)28-36-18-38-40-28/h9-22,41-42,46H,1-8H3,(H,35,37,39)(H,36,38,40). The van der Waals surface area contributed by atoms with E-state index in [0.717, 1.165) is 24.3 Å². The van der Waals surface area contributed by atoms with E-state index in [1.807, 2.05) is 55.4 Å². The lowest BCUT2D eigenvalue weighted by molar-refractivity contribution is -0.259. The topological polar surface area (TPSA) is 159 Å². The number of H-pyrrole nitrogens is 2. The van der Waals surface area contributed by atoms with Crippen LogP contribution in [0.3, 0.4) is 0 Å². The second kappa shape index (κ2) is 13.4. The minimum Gasteiger partial charge on any atom is -0.361 e. The quantitative estimate of drug-likeness (QED) is 0.0924. The van der Waals surface area contributed by atoms with Crippen LogP contribution in [0.2, 0.25) is 0 Å². The van der Waals surface area contributed by atoms with E-state index in [1.165, 1.54) is 36.9 Å². The Bertz CT molecular complexity index is 1450. The molecule has 0 aliphatic heterocycles. The Labute approximate surface area is 268 Å². The van der Waals surface area contributed by atoms with Gasteiger partial charge in [-0.25, -0.2) is 18.7 Å².